The quantitative estimate of drug-likeness (QED) is 0.833. The predicted molar refractivity (Wildman–Crippen MR) is 82.4 cm³/mol. The SMILES string of the molecule is CCCC(=O)N(C)[C@H]1CCCN(Cc2ccccc2F)C1. The van der Waals surface area contributed by atoms with Gasteiger partial charge in [0, 0.05) is 38.2 Å². The van der Waals surface area contributed by atoms with Crippen molar-refractivity contribution in [3.8, 4) is 0 Å². The van der Waals surface area contributed by atoms with Crippen LogP contribution in [0.4, 0.5) is 4.39 Å². The molecule has 21 heavy (non-hydrogen) atoms. The Morgan fingerprint density at radius 1 is 1.43 bits per heavy atom. The maximum atomic E-state index is 13.7. The summed E-state index contributed by atoms with van der Waals surface area (Å²) in [7, 11) is 1.90. The molecule has 1 amide bonds. The van der Waals surface area contributed by atoms with Crippen LogP contribution < -0.4 is 0 Å². The van der Waals surface area contributed by atoms with Gasteiger partial charge >= 0.3 is 0 Å². The maximum absolute atomic E-state index is 13.7. The first-order chi connectivity index (χ1) is 10.1. The Morgan fingerprint density at radius 2 is 2.19 bits per heavy atom. The highest BCUT2D eigenvalue weighted by Gasteiger charge is 2.25. The van der Waals surface area contributed by atoms with E-state index in [1.165, 1.54) is 6.07 Å². The highest BCUT2D eigenvalue weighted by Crippen LogP contribution is 2.19. The Hall–Kier alpha value is -1.42. The Bertz CT molecular complexity index is 478. The molecule has 1 aliphatic rings. The molecule has 4 heteroatoms. The van der Waals surface area contributed by atoms with Crippen LogP contribution >= 0.6 is 0 Å². The smallest absolute Gasteiger partial charge is 0.222 e. The number of hydrogen-bond donors (Lipinski definition) is 0. The van der Waals surface area contributed by atoms with Gasteiger partial charge < -0.3 is 4.90 Å². The third-order valence-electron chi connectivity index (χ3n) is 4.24. The number of nitrogens with zero attached hydrogens (tertiary/aromatic N) is 2. The molecule has 116 valence electrons. The van der Waals surface area contributed by atoms with Crippen molar-refractivity contribution < 1.29 is 9.18 Å². The molecular weight excluding hydrogens is 267 g/mol. The van der Waals surface area contributed by atoms with Crippen molar-refractivity contribution >= 4 is 5.91 Å². The number of amides is 1. The minimum absolute atomic E-state index is 0.143. The van der Waals surface area contributed by atoms with Gasteiger partial charge in [-0.05, 0) is 31.9 Å². The zero-order chi connectivity index (χ0) is 15.2. The summed E-state index contributed by atoms with van der Waals surface area (Å²) in [5.74, 6) is 0.0743. The Kier molecular flexibility index (Phi) is 5.74. The van der Waals surface area contributed by atoms with Crippen molar-refractivity contribution in [2.24, 2.45) is 0 Å². The molecule has 1 aliphatic heterocycles. The third kappa shape index (κ3) is 4.27. The molecule has 1 saturated heterocycles. The first-order valence-electron chi connectivity index (χ1n) is 7.83. The standard InChI is InChI=1S/C17H25FN2O/c1-3-7-17(21)19(2)15-9-6-11-20(13-15)12-14-8-4-5-10-16(14)18/h4-5,8,10,15H,3,6-7,9,11-13H2,1-2H3/t15-/m0/s1. The molecule has 1 aromatic carbocycles. The van der Waals surface area contributed by atoms with Gasteiger partial charge in [0.2, 0.25) is 5.91 Å². The average Bonchev–Trinajstić information content (AvgIpc) is 2.49. The number of benzene rings is 1. The molecule has 0 saturated carbocycles. The van der Waals surface area contributed by atoms with E-state index in [4.69, 9.17) is 0 Å². The van der Waals surface area contributed by atoms with Crippen molar-refractivity contribution in [1.82, 2.24) is 9.80 Å². The summed E-state index contributed by atoms with van der Waals surface area (Å²) in [5.41, 5.74) is 0.737. The minimum Gasteiger partial charge on any atom is -0.341 e. The number of piperidine rings is 1. The summed E-state index contributed by atoms with van der Waals surface area (Å²) in [5, 5.41) is 0. The van der Waals surface area contributed by atoms with Crippen molar-refractivity contribution in [3.05, 3.63) is 35.6 Å². The summed E-state index contributed by atoms with van der Waals surface area (Å²) in [6, 6.07) is 7.19. The second-order valence-corrected chi connectivity index (χ2v) is 5.88. The number of hydrogen-bond acceptors (Lipinski definition) is 2. The third-order valence-corrected chi connectivity index (χ3v) is 4.24. The highest BCUT2D eigenvalue weighted by atomic mass is 19.1. The van der Waals surface area contributed by atoms with E-state index < -0.39 is 0 Å². The molecule has 0 aromatic heterocycles. The fraction of sp³-hybridized carbons (Fsp3) is 0.588. The van der Waals surface area contributed by atoms with Gasteiger partial charge in [0.1, 0.15) is 5.82 Å². The van der Waals surface area contributed by atoms with E-state index in [-0.39, 0.29) is 17.8 Å². The van der Waals surface area contributed by atoms with E-state index in [1.54, 1.807) is 6.07 Å². The number of carbonyl (C=O) groups excluding carboxylic acids is 1. The lowest BCUT2D eigenvalue weighted by atomic mass is 10.0. The van der Waals surface area contributed by atoms with E-state index in [1.807, 2.05) is 31.0 Å². The lowest BCUT2D eigenvalue weighted by molar-refractivity contribution is -0.133. The number of likely N-dealkylation sites (N-methyl/N-ethyl adjacent to an activating group) is 1. The first kappa shape index (κ1) is 16.0. The topological polar surface area (TPSA) is 23.6 Å². The monoisotopic (exact) mass is 292 g/mol. The Balaban J connectivity index is 1.94. The number of likely N-dealkylation sites (tertiary alicyclic amines) is 1. The Labute approximate surface area is 126 Å². The molecule has 0 spiro atoms. The van der Waals surface area contributed by atoms with Crippen LogP contribution in [0.1, 0.15) is 38.2 Å². The van der Waals surface area contributed by atoms with Gasteiger partial charge in [-0.3, -0.25) is 9.69 Å². The minimum atomic E-state index is -0.143. The van der Waals surface area contributed by atoms with E-state index in [9.17, 15) is 9.18 Å². The normalized spacial score (nSPS) is 19.5. The van der Waals surface area contributed by atoms with Gasteiger partial charge in [0.15, 0.2) is 0 Å². The molecule has 1 aromatic rings. The lowest BCUT2D eigenvalue weighted by Crippen LogP contribution is -2.48. The molecule has 0 aliphatic carbocycles. The van der Waals surface area contributed by atoms with Gasteiger partial charge in [0.05, 0.1) is 0 Å². The Morgan fingerprint density at radius 3 is 2.90 bits per heavy atom. The molecule has 1 atom stereocenters. The molecule has 0 unspecified atom stereocenters. The molecule has 0 N–H and O–H groups in total. The summed E-state index contributed by atoms with van der Waals surface area (Å²) >= 11 is 0. The number of rotatable bonds is 5. The van der Waals surface area contributed by atoms with Crippen molar-refractivity contribution in [1.29, 1.82) is 0 Å². The van der Waals surface area contributed by atoms with Crippen LogP contribution in [-0.4, -0.2) is 41.9 Å². The fourth-order valence-electron chi connectivity index (χ4n) is 2.95. The summed E-state index contributed by atoms with van der Waals surface area (Å²) in [6.45, 7) is 4.46. The van der Waals surface area contributed by atoms with E-state index >= 15 is 0 Å². The molecule has 3 nitrogen and oxygen atoms in total. The number of carbonyl (C=O) groups is 1. The van der Waals surface area contributed by atoms with Crippen molar-refractivity contribution in [3.63, 3.8) is 0 Å². The maximum Gasteiger partial charge on any atom is 0.222 e. The lowest BCUT2D eigenvalue weighted by Gasteiger charge is -2.37. The zero-order valence-electron chi connectivity index (χ0n) is 13.0. The molecule has 2 rings (SSSR count). The second-order valence-electron chi connectivity index (χ2n) is 5.88. The molecule has 1 fully saturated rings. The fourth-order valence-corrected chi connectivity index (χ4v) is 2.95. The predicted octanol–water partition coefficient (Wildman–Crippen LogP) is 3.05. The molecule has 0 bridgehead atoms. The summed E-state index contributed by atoms with van der Waals surface area (Å²) in [4.78, 5) is 16.1. The van der Waals surface area contributed by atoms with Gasteiger partial charge in [-0.1, -0.05) is 25.1 Å². The average molecular weight is 292 g/mol. The largest absolute Gasteiger partial charge is 0.341 e. The van der Waals surface area contributed by atoms with Crippen LogP contribution in [0.5, 0.6) is 0 Å². The molecular formula is C17H25FN2O. The van der Waals surface area contributed by atoms with Gasteiger partial charge in [0.25, 0.3) is 0 Å². The second kappa shape index (κ2) is 7.55. The zero-order valence-corrected chi connectivity index (χ0v) is 13.0. The molecule has 0 radical (unpaired) electrons. The van der Waals surface area contributed by atoms with Gasteiger partial charge in [-0.2, -0.15) is 0 Å². The van der Waals surface area contributed by atoms with Crippen molar-refractivity contribution in [2.45, 2.75) is 45.2 Å². The van der Waals surface area contributed by atoms with Crippen molar-refractivity contribution in [2.75, 3.05) is 20.1 Å². The highest BCUT2D eigenvalue weighted by molar-refractivity contribution is 5.76. The van der Waals surface area contributed by atoms with Crippen LogP contribution in [0.25, 0.3) is 0 Å². The van der Waals surface area contributed by atoms with Crippen LogP contribution in [0.15, 0.2) is 24.3 Å². The first-order valence-corrected chi connectivity index (χ1v) is 7.83. The van der Waals surface area contributed by atoms with E-state index in [0.717, 1.165) is 37.9 Å². The molecule has 1 heterocycles. The van der Waals surface area contributed by atoms with Crippen LogP contribution in [0, 0.1) is 5.82 Å². The number of halogens is 1. The van der Waals surface area contributed by atoms with Gasteiger partial charge in [-0.15, -0.1) is 0 Å². The summed E-state index contributed by atoms with van der Waals surface area (Å²) in [6.07, 6.45) is 3.59. The van der Waals surface area contributed by atoms with Gasteiger partial charge in [-0.25, -0.2) is 4.39 Å². The van der Waals surface area contributed by atoms with E-state index in [0.29, 0.717) is 13.0 Å². The van der Waals surface area contributed by atoms with E-state index in [2.05, 4.69) is 4.90 Å². The summed E-state index contributed by atoms with van der Waals surface area (Å²) < 4.78 is 13.7. The van der Waals surface area contributed by atoms with Crippen LogP contribution in [0.2, 0.25) is 0 Å². The van der Waals surface area contributed by atoms with Crippen LogP contribution in [-0.2, 0) is 11.3 Å². The van der Waals surface area contributed by atoms with Crippen LogP contribution in [0.3, 0.4) is 0 Å².